The molecule has 2 amide bonds. The van der Waals surface area contributed by atoms with Gasteiger partial charge in [-0.2, -0.15) is 0 Å². The number of carbonyl (C=O) groups excluding carboxylic acids is 2. The quantitative estimate of drug-likeness (QED) is 0.407. The number of amides is 2. The van der Waals surface area contributed by atoms with Gasteiger partial charge in [-0.3, -0.25) is 14.4 Å². The van der Waals surface area contributed by atoms with Gasteiger partial charge in [-0.05, 0) is 41.0 Å². The van der Waals surface area contributed by atoms with E-state index in [-0.39, 0.29) is 30.6 Å². The Morgan fingerprint density at radius 2 is 1.70 bits per heavy atom. The van der Waals surface area contributed by atoms with Crippen molar-refractivity contribution < 1.29 is 24.2 Å². The van der Waals surface area contributed by atoms with Crippen LogP contribution in [0.1, 0.15) is 22.7 Å². The van der Waals surface area contributed by atoms with Gasteiger partial charge in [0.25, 0.3) is 5.91 Å². The van der Waals surface area contributed by atoms with Crippen molar-refractivity contribution in [2.75, 3.05) is 13.2 Å². The van der Waals surface area contributed by atoms with E-state index in [2.05, 4.69) is 0 Å². The summed E-state index contributed by atoms with van der Waals surface area (Å²) in [5.41, 5.74) is 2.07. The molecule has 10 heteroatoms. The normalized spacial score (nSPS) is 17.5. The number of carboxylic acids is 1. The van der Waals surface area contributed by atoms with Crippen LogP contribution in [0.15, 0.2) is 72.8 Å². The monoisotopic (exact) mass is 560 g/mol. The van der Waals surface area contributed by atoms with Crippen molar-refractivity contribution in [3.63, 3.8) is 0 Å². The summed E-state index contributed by atoms with van der Waals surface area (Å²) in [5, 5.41) is 10.7. The smallest absolute Gasteiger partial charge is 0.323 e. The van der Waals surface area contributed by atoms with Crippen molar-refractivity contribution in [2.45, 2.75) is 25.2 Å². The predicted octanol–water partition coefficient (Wildman–Crippen LogP) is 5.23. The number of hydrogen-bond donors (Lipinski definition) is 1. The average molecular weight is 562 g/mol. The Hall–Kier alpha value is -3.10. The summed E-state index contributed by atoms with van der Waals surface area (Å²) in [6.45, 7) is -0.736. The van der Waals surface area contributed by atoms with Crippen LogP contribution in [0.4, 0.5) is 0 Å². The fourth-order valence-corrected chi connectivity index (χ4v) is 4.83. The summed E-state index contributed by atoms with van der Waals surface area (Å²) in [5.74, 6) is -2.05. The molecule has 0 radical (unpaired) electrons. The number of morpholine rings is 1. The predicted molar refractivity (Wildman–Crippen MR) is 140 cm³/mol. The molecule has 3 aromatic carbocycles. The van der Waals surface area contributed by atoms with E-state index >= 15 is 0 Å². The molecule has 0 aromatic heterocycles. The highest BCUT2D eigenvalue weighted by Crippen LogP contribution is 2.33. The van der Waals surface area contributed by atoms with Crippen molar-refractivity contribution in [2.24, 2.45) is 0 Å². The van der Waals surface area contributed by atoms with Crippen LogP contribution in [-0.4, -0.2) is 51.9 Å². The minimum Gasteiger partial charge on any atom is -0.480 e. The second-order valence-corrected chi connectivity index (χ2v) is 9.83. The van der Waals surface area contributed by atoms with Crippen molar-refractivity contribution in [1.82, 2.24) is 9.80 Å². The van der Waals surface area contributed by atoms with Crippen molar-refractivity contribution in [3.8, 4) is 0 Å². The molecule has 1 aliphatic heterocycles. The van der Waals surface area contributed by atoms with E-state index in [0.717, 1.165) is 5.56 Å². The molecule has 1 N–H and O–H groups in total. The molecule has 1 saturated heterocycles. The van der Waals surface area contributed by atoms with E-state index in [4.69, 9.17) is 39.5 Å². The van der Waals surface area contributed by atoms with Gasteiger partial charge in [0, 0.05) is 18.1 Å². The van der Waals surface area contributed by atoms with Gasteiger partial charge >= 0.3 is 5.97 Å². The largest absolute Gasteiger partial charge is 0.480 e. The SMILES string of the molecule is O=C(O)CN(Cc1ccc(Cl)c(Cl)c1)C(=O)[C@@H]1OCC(=O)N(Cc2cccc(Cl)c2)[C@@H]1c1ccccc1. The maximum atomic E-state index is 13.9. The fourth-order valence-electron chi connectivity index (χ4n) is 4.30. The van der Waals surface area contributed by atoms with E-state index in [1.807, 2.05) is 12.1 Å². The van der Waals surface area contributed by atoms with Crippen LogP contribution in [0.2, 0.25) is 15.1 Å². The first-order chi connectivity index (χ1) is 17.7. The Balaban J connectivity index is 1.69. The van der Waals surface area contributed by atoms with E-state index in [1.165, 1.54) is 4.90 Å². The molecule has 0 saturated carbocycles. The first kappa shape index (κ1) is 26.9. The third-order valence-corrected chi connectivity index (χ3v) is 6.93. The van der Waals surface area contributed by atoms with Gasteiger partial charge in [-0.15, -0.1) is 0 Å². The zero-order valence-electron chi connectivity index (χ0n) is 19.5. The second-order valence-electron chi connectivity index (χ2n) is 8.58. The van der Waals surface area contributed by atoms with Crippen LogP contribution in [-0.2, 0) is 32.2 Å². The second kappa shape index (κ2) is 12.0. The van der Waals surface area contributed by atoms with Crippen LogP contribution in [0, 0.1) is 0 Å². The van der Waals surface area contributed by atoms with Crippen molar-refractivity contribution in [1.29, 1.82) is 0 Å². The number of ether oxygens (including phenoxy) is 1. The lowest BCUT2D eigenvalue weighted by molar-refractivity contribution is -0.172. The van der Waals surface area contributed by atoms with E-state index in [9.17, 15) is 19.5 Å². The van der Waals surface area contributed by atoms with Crippen molar-refractivity contribution in [3.05, 3.63) is 105 Å². The molecule has 1 heterocycles. The third-order valence-electron chi connectivity index (χ3n) is 5.95. The Kier molecular flexibility index (Phi) is 8.71. The minimum absolute atomic E-state index is 0.0361. The highest BCUT2D eigenvalue weighted by Gasteiger charge is 2.43. The molecule has 192 valence electrons. The number of hydrogen-bond acceptors (Lipinski definition) is 4. The van der Waals surface area contributed by atoms with Crippen LogP contribution in [0.3, 0.4) is 0 Å². The number of benzene rings is 3. The summed E-state index contributed by atoms with van der Waals surface area (Å²) in [7, 11) is 0. The molecule has 2 atom stereocenters. The summed E-state index contributed by atoms with van der Waals surface area (Å²) in [6, 6.07) is 20.2. The highest BCUT2D eigenvalue weighted by molar-refractivity contribution is 6.42. The van der Waals surface area contributed by atoms with Gasteiger partial charge in [0.15, 0.2) is 6.10 Å². The lowest BCUT2D eigenvalue weighted by atomic mass is 9.95. The first-order valence-electron chi connectivity index (χ1n) is 11.4. The topological polar surface area (TPSA) is 87.1 Å². The van der Waals surface area contributed by atoms with E-state index in [0.29, 0.717) is 21.2 Å². The Bertz CT molecular complexity index is 1300. The first-order valence-corrected chi connectivity index (χ1v) is 12.5. The van der Waals surface area contributed by atoms with Crippen LogP contribution in [0.5, 0.6) is 0 Å². The lowest BCUT2D eigenvalue weighted by Crippen LogP contribution is -2.55. The summed E-state index contributed by atoms with van der Waals surface area (Å²) < 4.78 is 5.81. The van der Waals surface area contributed by atoms with Crippen LogP contribution >= 0.6 is 34.8 Å². The molecule has 1 aliphatic rings. The average Bonchev–Trinajstić information content (AvgIpc) is 2.87. The molecule has 0 unspecified atom stereocenters. The molecule has 1 fully saturated rings. The molecular formula is C27H23Cl3N2O5. The standard InChI is InChI=1S/C27H23Cl3N2O5/c28-20-8-4-5-17(11-20)14-32-23(33)16-37-26(25(32)19-6-2-1-3-7-19)27(36)31(15-24(34)35)13-18-9-10-21(29)22(30)12-18/h1-12,25-26H,13-16H2,(H,34,35)/t25-,26-/m1/s1. The maximum Gasteiger partial charge on any atom is 0.323 e. The van der Waals surface area contributed by atoms with Crippen LogP contribution in [0.25, 0.3) is 0 Å². The zero-order valence-corrected chi connectivity index (χ0v) is 21.8. The number of halogens is 3. The van der Waals surface area contributed by atoms with E-state index in [1.54, 1.807) is 65.6 Å². The number of carboxylic acid groups (broad SMARTS) is 1. The third kappa shape index (κ3) is 6.62. The summed E-state index contributed by atoms with van der Waals surface area (Å²) in [6.07, 6.45) is -1.14. The molecular weight excluding hydrogens is 539 g/mol. The van der Waals surface area contributed by atoms with Gasteiger partial charge < -0.3 is 19.6 Å². The highest BCUT2D eigenvalue weighted by atomic mass is 35.5. The molecule has 7 nitrogen and oxygen atoms in total. The van der Waals surface area contributed by atoms with Crippen LogP contribution < -0.4 is 0 Å². The van der Waals surface area contributed by atoms with Gasteiger partial charge in [-0.25, -0.2) is 0 Å². The molecule has 0 aliphatic carbocycles. The summed E-state index contributed by atoms with van der Waals surface area (Å²) >= 11 is 18.3. The zero-order chi connectivity index (χ0) is 26.5. The number of aliphatic carboxylic acids is 1. The number of carbonyl (C=O) groups is 3. The maximum absolute atomic E-state index is 13.9. The number of nitrogens with zero attached hydrogens (tertiary/aromatic N) is 2. The number of rotatable bonds is 8. The Labute approximate surface area is 229 Å². The Morgan fingerprint density at radius 1 is 0.946 bits per heavy atom. The molecule has 3 aromatic rings. The fraction of sp³-hybridized carbons (Fsp3) is 0.222. The molecule has 4 rings (SSSR count). The van der Waals surface area contributed by atoms with Gasteiger partial charge in [0.1, 0.15) is 13.2 Å². The molecule has 0 bridgehead atoms. The lowest BCUT2D eigenvalue weighted by Gasteiger charge is -2.42. The van der Waals surface area contributed by atoms with Gasteiger partial charge in [-0.1, -0.05) is 83.3 Å². The van der Waals surface area contributed by atoms with Gasteiger partial charge in [0.05, 0.1) is 16.1 Å². The van der Waals surface area contributed by atoms with Gasteiger partial charge in [0.2, 0.25) is 5.91 Å². The molecule has 37 heavy (non-hydrogen) atoms. The summed E-state index contributed by atoms with van der Waals surface area (Å²) in [4.78, 5) is 41.4. The van der Waals surface area contributed by atoms with E-state index < -0.39 is 30.6 Å². The molecule has 0 spiro atoms. The van der Waals surface area contributed by atoms with Crippen molar-refractivity contribution >= 4 is 52.6 Å². The minimum atomic E-state index is -1.19. The Morgan fingerprint density at radius 3 is 2.38 bits per heavy atom.